The highest BCUT2D eigenvalue weighted by atomic mass is 35.5. The average Bonchev–Trinajstić information content (AvgIpc) is 2.43. The first-order valence-electron chi connectivity index (χ1n) is 7.46. The summed E-state index contributed by atoms with van der Waals surface area (Å²) < 4.78 is 6.02. The molecule has 0 bridgehead atoms. The van der Waals surface area contributed by atoms with Crippen molar-refractivity contribution in [3.8, 4) is 0 Å². The van der Waals surface area contributed by atoms with E-state index < -0.39 is 5.60 Å². The Balaban J connectivity index is 0.00000220. The number of rotatable bonds is 3. The van der Waals surface area contributed by atoms with Crippen molar-refractivity contribution in [3.63, 3.8) is 0 Å². The second kappa shape index (κ2) is 7.28. The molecule has 1 aromatic rings. The highest BCUT2D eigenvalue weighted by Gasteiger charge is 2.49. The molecule has 0 radical (unpaired) electrons. The Morgan fingerprint density at radius 1 is 1.24 bits per heavy atom. The average molecular weight is 311 g/mol. The van der Waals surface area contributed by atoms with Crippen molar-refractivity contribution in [2.75, 3.05) is 20.1 Å². The number of likely N-dealkylation sites (tertiary alicyclic amines) is 1. The summed E-state index contributed by atoms with van der Waals surface area (Å²) in [6, 6.07) is 10.2. The Labute approximate surface area is 134 Å². The molecule has 1 saturated heterocycles. The first-order chi connectivity index (χ1) is 9.50. The van der Waals surface area contributed by atoms with E-state index >= 15 is 0 Å². The standard InChI is InChI=1S/C17H25NO2.ClH/c1-5-16(19)20-17(15-9-7-6-8-10-15)13(2)11-18(4)12-14(17)3;/h6-10,13-14H,5,11-12H2,1-4H3;1H/p-1. The lowest BCUT2D eigenvalue weighted by Gasteiger charge is -2.49. The van der Waals surface area contributed by atoms with Crippen molar-refractivity contribution < 1.29 is 21.9 Å². The quantitative estimate of drug-likeness (QED) is 0.739. The predicted octanol–water partition coefficient (Wildman–Crippen LogP) is 0.0567. The van der Waals surface area contributed by atoms with Crippen LogP contribution in [0.15, 0.2) is 30.3 Å². The number of carbonyl (C=O) groups excluding carboxylic acids is 1. The lowest BCUT2D eigenvalue weighted by molar-refractivity contribution is -0.185. The van der Waals surface area contributed by atoms with E-state index in [-0.39, 0.29) is 30.2 Å². The van der Waals surface area contributed by atoms with Crippen molar-refractivity contribution in [2.45, 2.75) is 32.8 Å². The van der Waals surface area contributed by atoms with Crippen LogP contribution in [-0.2, 0) is 15.1 Å². The third-order valence-electron chi connectivity index (χ3n) is 4.43. The van der Waals surface area contributed by atoms with Gasteiger partial charge in [-0.15, -0.1) is 0 Å². The Bertz CT molecular complexity index is 451. The van der Waals surface area contributed by atoms with Crippen LogP contribution in [0.2, 0.25) is 0 Å². The zero-order chi connectivity index (χ0) is 14.8. The van der Waals surface area contributed by atoms with E-state index in [0.717, 1.165) is 18.7 Å². The van der Waals surface area contributed by atoms with Crippen LogP contribution in [0, 0.1) is 11.8 Å². The molecule has 0 N–H and O–H groups in total. The lowest BCUT2D eigenvalue weighted by Crippen LogP contribution is -3.00. The topological polar surface area (TPSA) is 29.5 Å². The summed E-state index contributed by atoms with van der Waals surface area (Å²) >= 11 is 0. The molecule has 1 aliphatic heterocycles. The van der Waals surface area contributed by atoms with Gasteiger partial charge in [0.15, 0.2) is 0 Å². The monoisotopic (exact) mass is 310 g/mol. The predicted molar refractivity (Wildman–Crippen MR) is 80.3 cm³/mol. The molecule has 0 amide bonds. The van der Waals surface area contributed by atoms with Gasteiger partial charge >= 0.3 is 5.97 Å². The number of carbonyl (C=O) groups is 1. The third kappa shape index (κ3) is 3.41. The molecular weight excluding hydrogens is 286 g/mol. The number of hydrogen-bond acceptors (Lipinski definition) is 3. The maximum Gasteiger partial charge on any atom is 0.306 e. The van der Waals surface area contributed by atoms with Gasteiger partial charge < -0.3 is 22.0 Å². The van der Waals surface area contributed by atoms with Crippen molar-refractivity contribution in [1.82, 2.24) is 4.90 Å². The van der Waals surface area contributed by atoms with Crippen LogP contribution in [0.5, 0.6) is 0 Å². The maximum atomic E-state index is 12.0. The normalized spacial score (nSPS) is 29.5. The highest BCUT2D eigenvalue weighted by molar-refractivity contribution is 5.69. The van der Waals surface area contributed by atoms with E-state index in [9.17, 15) is 4.79 Å². The van der Waals surface area contributed by atoms with E-state index in [0.29, 0.717) is 6.42 Å². The van der Waals surface area contributed by atoms with Gasteiger partial charge in [-0.05, 0) is 12.6 Å². The minimum Gasteiger partial charge on any atom is -1.00 e. The number of halogens is 1. The van der Waals surface area contributed by atoms with Crippen molar-refractivity contribution in [1.29, 1.82) is 0 Å². The van der Waals surface area contributed by atoms with Gasteiger partial charge in [-0.25, -0.2) is 0 Å². The minimum absolute atomic E-state index is 0. The molecule has 3 nitrogen and oxygen atoms in total. The van der Waals surface area contributed by atoms with Gasteiger partial charge in [0.2, 0.25) is 0 Å². The number of ether oxygens (including phenoxy) is 1. The Morgan fingerprint density at radius 2 is 1.76 bits per heavy atom. The molecule has 0 aliphatic carbocycles. The van der Waals surface area contributed by atoms with Gasteiger partial charge in [0, 0.05) is 31.3 Å². The zero-order valence-corrected chi connectivity index (χ0v) is 14.1. The maximum absolute atomic E-state index is 12.0. The van der Waals surface area contributed by atoms with Crippen LogP contribution in [0.25, 0.3) is 0 Å². The zero-order valence-electron chi connectivity index (χ0n) is 13.3. The first-order valence-corrected chi connectivity index (χ1v) is 7.46. The number of benzene rings is 1. The highest BCUT2D eigenvalue weighted by Crippen LogP contribution is 2.44. The SMILES string of the molecule is CCC(=O)OC1(c2ccccc2)C(C)CN(C)CC1C.[Cl-]. The van der Waals surface area contributed by atoms with E-state index in [1.807, 2.05) is 25.1 Å². The van der Waals surface area contributed by atoms with Crippen LogP contribution in [0.1, 0.15) is 32.8 Å². The summed E-state index contributed by atoms with van der Waals surface area (Å²) in [6.07, 6.45) is 0.420. The first kappa shape index (κ1) is 18.0. The molecule has 2 unspecified atom stereocenters. The second-order valence-corrected chi connectivity index (χ2v) is 6.01. The Kier molecular flexibility index (Phi) is 6.24. The molecule has 0 saturated carbocycles. The summed E-state index contributed by atoms with van der Waals surface area (Å²) in [5, 5.41) is 0. The fourth-order valence-corrected chi connectivity index (χ4v) is 3.55. The van der Waals surface area contributed by atoms with Crippen LogP contribution < -0.4 is 12.4 Å². The van der Waals surface area contributed by atoms with Gasteiger partial charge in [0.1, 0.15) is 5.60 Å². The van der Waals surface area contributed by atoms with E-state index in [4.69, 9.17) is 4.74 Å². The number of piperidine rings is 1. The summed E-state index contributed by atoms with van der Waals surface area (Å²) in [6.45, 7) is 8.10. The van der Waals surface area contributed by atoms with Crippen LogP contribution >= 0.6 is 0 Å². The number of nitrogens with zero attached hydrogens (tertiary/aromatic N) is 1. The molecule has 0 spiro atoms. The van der Waals surface area contributed by atoms with Gasteiger partial charge in [0.05, 0.1) is 0 Å². The summed E-state index contributed by atoms with van der Waals surface area (Å²) in [5.74, 6) is 0.431. The van der Waals surface area contributed by atoms with Crippen molar-refractivity contribution in [2.24, 2.45) is 11.8 Å². The van der Waals surface area contributed by atoms with Crippen molar-refractivity contribution >= 4 is 5.97 Å². The van der Waals surface area contributed by atoms with Crippen LogP contribution in [0.4, 0.5) is 0 Å². The molecule has 21 heavy (non-hydrogen) atoms. The fourth-order valence-electron chi connectivity index (χ4n) is 3.55. The Hall–Kier alpha value is -1.06. The number of hydrogen-bond donors (Lipinski definition) is 0. The van der Waals surface area contributed by atoms with Crippen LogP contribution in [-0.4, -0.2) is 31.0 Å². The molecule has 0 aromatic heterocycles. The third-order valence-corrected chi connectivity index (χ3v) is 4.43. The van der Waals surface area contributed by atoms with Crippen LogP contribution in [0.3, 0.4) is 0 Å². The lowest BCUT2D eigenvalue weighted by atomic mass is 9.70. The molecule has 2 atom stereocenters. The summed E-state index contributed by atoms with van der Waals surface area (Å²) in [5.41, 5.74) is 0.621. The molecule has 1 aromatic carbocycles. The minimum atomic E-state index is -0.499. The van der Waals surface area contributed by atoms with Gasteiger partial charge in [-0.3, -0.25) is 4.79 Å². The van der Waals surface area contributed by atoms with Gasteiger partial charge in [-0.2, -0.15) is 0 Å². The largest absolute Gasteiger partial charge is 1.00 e. The second-order valence-electron chi connectivity index (χ2n) is 6.01. The van der Waals surface area contributed by atoms with E-state index in [1.54, 1.807) is 0 Å². The number of esters is 1. The smallest absolute Gasteiger partial charge is 0.306 e. The summed E-state index contributed by atoms with van der Waals surface area (Å²) in [4.78, 5) is 14.3. The molecule has 2 rings (SSSR count). The molecule has 118 valence electrons. The molecule has 1 heterocycles. The van der Waals surface area contributed by atoms with Gasteiger partial charge in [-0.1, -0.05) is 51.1 Å². The molecule has 1 aliphatic rings. The Morgan fingerprint density at radius 3 is 2.24 bits per heavy atom. The molecule has 4 heteroatoms. The fraction of sp³-hybridized carbons (Fsp3) is 0.588. The molecular formula is C17H25ClNO2-. The van der Waals surface area contributed by atoms with E-state index in [1.165, 1.54) is 0 Å². The van der Waals surface area contributed by atoms with E-state index in [2.05, 4.69) is 37.9 Å². The van der Waals surface area contributed by atoms with Crippen molar-refractivity contribution in [3.05, 3.63) is 35.9 Å². The molecule has 1 fully saturated rings. The summed E-state index contributed by atoms with van der Waals surface area (Å²) in [7, 11) is 2.13. The van der Waals surface area contributed by atoms with Gasteiger partial charge in [0.25, 0.3) is 0 Å².